The maximum Gasteiger partial charge on any atom is 0.0484 e. The summed E-state index contributed by atoms with van der Waals surface area (Å²) in [6.45, 7) is 3.56. The summed E-state index contributed by atoms with van der Waals surface area (Å²) in [5.74, 6) is 0. The fourth-order valence-electron chi connectivity index (χ4n) is 3.00. The zero-order valence-corrected chi connectivity index (χ0v) is 11.6. The van der Waals surface area contributed by atoms with Crippen molar-refractivity contribution >= 4 is 11.3 Å². The highest BCUT2D eigenvalue weighted by atomic mass is 32.1. The number of nitrogens with two attached hydrogens (primary N) is 1. The molecule has 1 aliphatic heterocycles. The Morgan fingerprint density at radius 3 is 2.72 bits per heavy atom. The predicted molar refractivity (Wildman–Crippen MR) is 74.7 cm³/mol. The van der Waals surface area contributed by atoms with Gasteiger partial charge in [-0.25, -0.2) is 0 Å². The molecule has 1 saturated carbocycles. The summed E-state index contributed by atoms with van der Waals surface area (Å²) in [5, 5.41) is 2.17. The van der Waals surface area contributed by atoms with E-state index in [1.165, 1.54) is 17.7 Å². The predicted octanol–water partition coefficient (Wildman–Crippen LogP) is 2.22. The van der Waals surface area contributed by atoms with Crippen molar-refractivity contribution in [1.82, 2.24) is 4.90 Å². The summed E-state index contributed by atoms with van der Waals surface area (Å²) in [6.07, 6.45) is 4.86. The maximum absolute atomic E-state index is 6.14. The third-order valence-electron chi connectivity index (χ3n) is 4.31. The summed E-state index contributed by atoms with van der Waals surface area (Å²) >= 11 is 1.86. The van der Waals surface area contributed by atoms with Crippen LogP contribution in [0.3, 0.4) is 0 Å². The number of thiophene rings is 1. The molecule has 2 fully saturated rings. The normalized spacial score (nSPS) is 23.4. The van der Waals surface area contributed by atoms with Crippen molar-refractivity contribution in [2.24, 2.45) is 5.73 Å². The molecule has 1 saturated heterocycles. The minimum atomic E-state index is 0.184. The van der Waals surface area contributed by atoms with Crippen molar-refractivity contribution in [3.63, 3.8) is 0 Å². The summed E-state index contributed by atoms with van der Waals surface area (Å²) < 4.78 is 5.53. The van der Waals surface area contributed by atoms with E-state index >= 15 is 0 Å². The first-order valence-corrected chi connectivity index (χ1v) is 7.79. The van der Waals surface area contributed by atoms with Gasteiger partial charge in [-0.3, -0.25) is 4.90 Å². The van der Waals surface area contributed by atoms with Crippen LogP contribution in [-0.2, 0) is 11.3 Å². The molecule has 0 amide bonds. The van der Waals surface area contributed by atoms with Gasteiger partial charge in [0.2, 0.25) is 0 Å². The van der Waals surface area contributed by atoms with Crippen LogP contribution in [0, 0.1) is 0 Å². The van der Waals surface area contributed by atoms with Crippen molar-refractivity contribution in [1.29, 1.82) is 0 Å². The standard InChI is InChI=1S/C14H22N2OS/c15-11-14(5-7-17-8-6-14)16(12-3-4-12)10-13-2-1-9-18-13/h1-2,9,12H,3-8,10-11,15H2. The van der Waals surface area contributed by atoms with E-state index in [-0.39, 0.29) is 5.54 Å². The number of nitrogens with zero attached hydrogens (tertiary/aromatic N) is 1. The van der Waals surface area contributed by atoms with Crippen LogP contribution in [0.4, 0.5) is 0 Å². The van der Waals surface area contributed by atoms with Crippen LogP contribution in [0.2, 0.25) is 0 Å². The highest BCUT2D eigenvalue weighted by molar-refractivity contribution is 7.09. The zero-order chi connectivity index (χ0) is 12.4. The molecule has 0 atom stereocenters. The second kappa shape index (κ2) is 5.29. The van der Waals surface area contributed by atoms with Crippen LogP contribution in [-0.4, -0.2) is 36.2 Å². The second-order valence-electron chi connectivity index (χ2n) is 5.48. The van der Waals surface area contributed by atoms with E-state index in [9.17, 15) is 0 Å². The molecule has 0 radical (unpaired) electrons. The molecule has 1 aromatic heterocycles. The third kappa shape index (κ3) is 2.48. The van der Waals surface area contributed by atoms with Crippen LogP contribution in [0.1, 0.15) is 30.6 Å². The highest BCUT2D eigenvalue weighted by Gasteiger charge is 2.44. The van der Waals surface area contributed by atoms with E-state index in [0.29, 0.717) is 0 Å². The van der Waals surface area contributed by atoms with Gasteiger partial charge in [-0.2, -0.15) is 0 Å². The molecule has 3 rings (SSSR count). The van der Waals surface area contributed by atoms with Gasteiger partial charge < -0.3 is 10.5 Å². The van der Waals surface area contributed by atoms with Gasteiger partial charge in [0.1, 0.15) is 0 Å². The zero-order valence-electron chi connectivity index (χ0n) is 10.8. The average molecular weight is 266 g/mol. The number of hydrogen-bond donors (Lipinski definition) is 1. The molecule has 3 nitrogen and oxygen atoms in total. The van der Waals surface area contributed by atoms with Crippen molar-refractivity contribution in [2.45, 2.75) is 43.8 Å². The fourth-order valence-corrected chi connectivity index (χ4v) is 3.70. The summed E-state index contributed by atoms with van der Waals surface area (Å²) in [5.41, 5.74) is 6.32. The lowest BCUT2D eigenvalue weighted by atomic mass is 9.87. The molecular weight excluding hydrogens is 244 g/mol. The van der Waals surface area contributed by atoms with E-state index in [4.69, 9.17) is 10.5 Å². The van der Waals surface area contributed by atoms with E-state index in [0.717, 1.165) is 45.2 Å². The molecule has 4 heteroatoms. The molecule has 0 bridgehead atoms. The Morgan fingerprint density at radius 1 is 1.39 bits per heavy atom. The minimum absolute atomic E-state index is 0.184. The van der Waals surface area contributed by atoms with Crippen molar-refractivity contribution in [2.75, 3.05) is 19.8 Å². The monoisotopic (exact) mass is 266 g/mol. The van der Waals surface area contributed by atoms with Gasteiger partial charge in [0.05, 0.1) is 0 Å². The third-order valence-corrected chi connectivity index (χ3v) is 5.17. The Bertz CT molecular complexity index is 369. The Morgan fingerprint density at radius 2 is 2.17 bits per heavy atom. The van der Waals surface area contributed by atoms with Crippen molar-refractivity contribution in [3.8, 4) is 0 Å². The van der Waals surface area contributed by atoms with Crippen LogP contribution >= 0.6 is 11.3 Å². The van der Waals surface area contributed by atoms with Crippen LogP contribution in [0.5, 0.6) is 0 Å². The van der Waals surface area contributed by atoms with E-state index in [2.05, 4.69) is 22.4 Å². The first-order chi connectivity index (χ1) is 8.84. The Balaban J connectivity index is 1.78. The molecule has 2 aliphatic rings. The van der Waals surface area contributed by atoms with E-state index in [1.54, 1.807) is 0 Å². The lowest BCUT2D eigenvalue weighted by molar-refractivity contribution is -0.0321. The molecule has 2 heterocycles. The molecule has 100 valence electrons. The lowest BCUT2D eigenvalue weighted by Gasteiger charge is -2.46. The molecule has 2 N–H and O–H groups in total. The van der Waals surface area contributed by atoms with Crippen molar-refractivity contribution in [3.05, 3.63) is 22.4 Å². The van der Waals surface area contributed by atoms with Gasteiger partial charge in [0.25, 0.3) is 0 Å². The maximum atomic E-state index is 6.14. The number of hydrogen-bond acceptors (Lipinski definition) is 4. The topological polar surface area (TPSA) is 38.5 Å². The van der Waals surface area contributed by atoms with E-state index < -0.39 is 0 Å². The largest absolute Gasteiger partial charge is 0.381 e. The summed E-state index contributed by atoms with van der Waals surface area (Å²) in [7, 11) is 0. The molecule has 1 aromatic rings. The Labute approximate surface area is 113 Å². The molecule has 0 unspecified atom stereocenters. The van der Waals surface area contributed by atoms with Crippen LogP contribution in [0.25, 0.3) is 0 Å². The summed E-state index contributed by atoms with van der Waals surface area (Å²) in [4.78, 5) is 4.14. The quantitative estimate of drug-likeness (QED) is 0.888. The molecule has 0 aromatic carbocycles. The van der Waals surface area contributed by atoms with Crippen LogP contribution in [0.15, 0.2) is 17.5 Å². The van der Waals surface area contributed by atoms with Gasteiger partial charge in [0, 0.05) is 42.8 Å². The van der Waals surface area contributed by atoms with Gasteiger partial charge in [0.15, 0.2) is 0 Å². The van der Waals surface area contributed by atoms with Gasteiger partial charge in [-0.05, 0) is 37.1 Å². The summed E-state index contributed by atoms with van der Waals surface area (Å²) in [6, 6.07) is 5.14. The van der Waals surface area contributed by atoms with Crippen LogP contribution < -0.4 is 5.73 Å². The first-order valence-electron chi connectivity index (χ1n) is 6.91. The SMILES string of the molecule is NCC1(N(Cc2cccs2)C2CC2)CCOCC1. The van der Waals surface area contributed by atoms with Crippen molar-refractivity contribution < 1.29 is 4.74 Å². The second-order valence-corrected chi connectivity index (χ2v) is 6.51. The smallest absolute Gasteiger partial charge is 0.0484 e. The molecular formula is C14H22N2OS. The number of rotatable bonds is 5. The van der Waals surface area contributed by atoms with Gasteiger partial charge in [-0.1, -0.05) is 6.07 Å². The lowest BCUT2D eigenvalue weighted by Crippen LogP contribution is -2.57. The van der Waals surface area contributed by atoms with E-state index in [1.807, 2.05) is 11.3 Å². The average Bonchev–Trinajstić information content (AvgIpc) is 3.13. The molecule has 0 spiro atoms. The highest BCUT2D eigenvalue weighted by Crippen LogP contribution is 2.39. The molecule has 1 aliphatic carbocycles. The Hall–Kier alpha value is -0.420. The minimum Gasteiger partial charge on any atom is -0.381 e. The number of ether oxygens (including phenoxy) is 1. The Kier molecular flexibility index (Phi) is 3.71. The van der Waals surface area contributed by atoms with Gasteiger partial charge in [-0.15, -0.1) is 11.3 Å². The fraction of sp³-hybridized carbons (Fsp3) is 0.714. The molecule has 18 heavy (non-hydrogen) atoms. The first kappa shape index (κ1) is 12.6. The van der Waals surface area contributed by atoms with Gasteiger partial charge >= 0.3 is 0 Å².